The molecule has 6 nitrogen and oxygen atoms in total. The van der Waals surface area contributed by atoms with Crippen LogP contribution in [-0.4, -0.2) is 32.6 Å². The fraction of sp³-hybridized carbons (Fsp3) is 0.400. The van der Waals surface area contributed by atoms with Crippen molar-refractivity contribution in [2.75, 3.05) is 20.7 Å². The van der Waals surface area contributed by atoms with Gasteiger partial charge in [-0.25, -0.2) is 9.18 Å². The zero-order chi connectivity index (χ0) is 20.0. The topological polar surface area (TPSA) is 75.9 Å². The number of esters is 1. The molecule has 1 aromatic heterocycles. The third-order valence-corrected chi connectivity index (χ3v) is 4.33. The molecule has 27 heavy (non-hydrogen) atoms. The highest BCUT2D eigenvalue weighted by atomic mass is 19.1. The van der Waals surface area contributed by atoms with Gasteiger partial charge >= 0.3 is 5.97 Å². The quantitative estimate of drug-likeness (QED) is 0.461. The van der Waals surface area contributed by atoms with Crippen LogP contribution in [0.25, 0.3) is 0 Å². The largest absolute Gasteiger partial charge is 0.465 e. The van der Waals surface area contributed by atoms with Gasteiger partial charge in [-0.2, -0.15) is 0 Å². The maximum atomic E-state index is 13.5. The van der Waals surface area contributed by atoms with Crippen LogP contribution < -0.4 is 10.6 Å². The number of carbonyl (C=O) groups is 1. The second-order valence-corrected chi connectivity index (χ2v) is 6.85. The molecule has 0 aliphatic carbocycles. The highest BCUT2D eigenvalue weighted by molar-refractivity contribution is 5.90. The lowest BCUT2D eigenvalue weighted by molar-refractivity contribution is 0.0599. The number of hydrogen-bond donors (Lipinski definition) is 2. The molecule has 0 aliphatic heterocycles. The van der Waals surface area contributed by atoms with Crippen molar-refractivity contribution >= 4 is 11.9 Å². The van der Waals surface area contributed by atoms with Crippen molar-refractivity contribution < 1.29 is 18.3 Å². The van der Waals surface area contributed by atoms with E-state index < -0.39 is 5.97 Å². The number of aryl methyl sites for hydroxylation is 1. The Kier molecular flexibility index (Phi) is 6.60. The summed E-state index contributed by atoms with van der Waals surface area (Å²) in [7, 11) is 3.00. The minimum atomic E-state index is -0.429. The summed E-state index contributed by atoms with van der Waals surface area (Å²) in [5.74, 6) is 1.00. The zero-order valence-electron chi connectivity index (χ0n) is 16.4. The molecule has 1 heterocycles. The highest BCUT2D eigenvalue weighted by Crippen LogP contribution is 2.22. The molecule has 0 bridgehead atoms. The molecule has 0 saturated carbocycles. The second kappa shape index (κ2) is 8.70. The van der Waals surface area contributed by atoms with Gasteiger partial charge in [-0.3, -0.25) is 4.99 Å². The second-order valence-electron chi connectivity index (χ2n) is 6.85. The minimum absolute atomic E-state index is 0.252. The summed E-state index contributed by atoms with van der Waals surface area (Å²) in [5, 5.41) is 6.37. The third-order valence-electron chi connectivity index (χ3n) is 4.33. The van der Waals surface area contributed by atoms with Gasteiger partial charge in [-0.05, 0) is 30.7 Å². The van der Waals surface area contributed by atoms with E-state index in [4.69, 9.17) is 9.15 Å². The van der Waals surface area contributed by atoms with Crippen molar-refractivity contribution in [3.05, 3.63) is 58.8 Å². The lowest BCUT2D eigenvalue weighted by Gasteiger charge is -2.26. The number of guanidine groups is 1. The van der Waals surface area contributed by atoms with Crippen molar-refractivity contribution in [1.29, 1.82) is 0 Å². The first-order chi connectivity index (χ1) is 12.8. The Morgan fingerprint density at radius 3 is 2.67 bits per heavy atom. The van der Waals surface area contributed by atoms with Crippen LogP contribution in [0.2, 0.25) is 0 Å². The van der Waals surface area contributed by atoms with E-state index in [0.29, 0.717) is 36.1 Å². The number of aliphatic imine (C=N–C) groups is 1. The van der Waals surface area contributed by atoms with Gasteiger partial charge in [0.25, 0.3) is 0 Å². The van der Waals surface area contributed by atoms with E-state index in [1.54, 1.807) is 26.1 Å². The fourth-order valence-corrected chi connectivity index (χ4v) is 2.65. The number of benzene rings is 1. The molecule has 0 spiro atoms. The van der Waals surface area contributed by atoms with Crippen LogP contribution in [0.3, 0.4) is 0 Å². The van der Waals surface area contributed by atoms with Crippen LogP contribution in [0.4, 0.5) is 4.39 Å². The first-order valence-corrected chi connectivity index (χ1v) is 8.65. The maximum absolute atomic E-state index is 13.5. The van der Waals surface area contributed by atoms with Gasteiger partial charge in [0, 0.05) is 19.0 Å². The number of rotatable bonds is 6. The normalized spacial score (nSPS) is 12.0. The van der Waals surface area contributed by atoms with Crippen molar-refractivity contribution in [2.45, 2.75) is 32.7 Å². The van der Waals surface area contributed by atoms with Crippen molar-refractivity contribution in [3.63, 3.8) is 0 Å². The van der Waals surface area contributed by atoms with Crippen molar-refractivity contribution in [1.82, 2.24) is 10.6 Å². The van der Waals surface area contributed by atoms with E-state index in [2.05, 4.69) is 15.6 Å². The zero-order valence-corrected chi connectivity index (χ0v) is 16.4. The van der Waals surface area contributed by atoms with Crippen LogP contribution in [0.5, 0.6) is 0 Å². The van der Waals surface area contributed by atoms with Gasteiger partial charge in [-0.1, -0.05) is 26.0 Å². The maximum Gasteiger partial charge on any atom is 0.341 e. The summed E-state index contributed by atoms with van der Waals surface area (Å²) in [6, 6.07) is 8.23. The first-order valence-electron chi connectivity index (χ1n) is 8.65. The smallest absolute Gasteiger partial charge is 0.341 e. The lowest BCUT2D eigenvalue weighted by atomic mass is 9.84. The summed E-state index contributed by atoms with van der Waals surface area (Å²) in [6.07, 6.45) is 0. The fourth-order valence-electron chi connectivity index (χ4n) is 2.65. The first kappa shape index (κ1) is 20.5. The van der Waals surface area contributed by atoms with Crippen LogP contribution in [0, 0.1) is 12.7 Å². The van der Waals surface area contributed by atoms with Gasteiger partial charge in [0.2, 0.25) is 0 Å². The SMILES string of the molecule is CN=C(NCc1cc(C(=O)OC)c(C)o1)NCC(C)(C)c1cccc(F)c1. The van der Waals surface area contributed by atoms with Gasteiger partial charge in [0.15, 0.2) is 5.96 Å². The molecular weight excluding hydrogens is 349 g/mol. The van der Waals surface area contributed by atoms with Gasteiger partial charge in [-0.15, -0.1) is 0 Å². The van der Waals surface area contributed by atoms with E-state index in [1.807, 2.05) is 19.9 Å². The molecule has 0 unspecified atom stereocenters. The highest BCUT2D eigenvalue weighted by Gasteiger charge is 2.21. The molecular formula is C20H26FN3O3. The van der Waals surface area contributed by atoms with Crippen LogP contribution in [0.15, 0.2) is 39.7 Å². The molecule has 0 fully saturated rings. The molecule has 146 valence electrons. The molecule has 0 radical (unpaired) electrons. The third kappa shape index (κ3) is 5.32. The van der Waals surface area contributed by atoms with Crippen LogP contribution >= 0.6 is 0 Å². The number of halogens is 1. The number of nitrogens with one attached hydrogen (secondary N) is 2. The molecule has 0 amide bonds. The summed E-state index contributed by atoms with van der Waals surface area (Å²) in [4.78, 5) is 15.8. The number of carbonyl (C=O) groups excluding carboxylic acids is 1. The number of methoxy groups -OCH3 is 1. The molecule has 7 heteroatoms. The van der Waals surface area contributed by atoms with Crippen molar-refractivity contribution in [2.24, 2.45) is 4.99 Å². The van der Waals surface area contributed by atoms with Crippen LogP contribution in [0.1, 0.15) is 41.3 Å². The van der Waals surface area contributed by atoms with Gasteiger partial charge in [0.1, 0.15) is 22.9 Å². The molecule has 1 aromatic carbocycles. The van der Waals surface area contributed by atoms with Gasteiger partial charge in [0.05, 0.1) is 13.7 Å². The summed E-state index contributed by atoms with van der Waals surface area (Å²) in [5.41, 5.74) is 1.01. The molecule has 0 saturated heterocycles. The minimum Gasteiger partial charge on any atom is -0.465 e. The Hall–Kier alpha value is -2.83. The molecule has 2 N–H and O–H groups in total. The number of ether oxygens (including phenoxy) is 1. The molecule has 0 aliphatic rings. The molecule has 2 aromatic rings. The Morgan fingerprint density at radius 2 is 2.04 bits per heavy atom. The molecule has 2 rings (SSSR count). The predicted molar refractivity (Wildman–Crippen MR) is 102 cm³/mol. The summed E-state index contributed by atoms with van der Waals surface area (Å²) < 4.78 is 23.8. The Labute approximate surface area is 158 Å². The Bertz CT molecular complexity index is 828. The van der Waals surface area contributed by atoms with Gasteiger partial charge < -0.3 is 19.8 Å². The number of furan rings is 1. The van der Waals surface area contributed by atoms with Crippen LogP contribution in [-0.2, 0) is 16.7 Å². The number of nitrogens with zero attached hydrogens (tertiary/aromatic N) is 1. The van der Waals surface area contributed by atoms with E-state index in [1.165, 1.54) is 19.2 Å². The Morgan fingerprint density at radius 1 is 1.30 bits per heavy atom. The van der Waals surface area contributed by atoms with E-state index in [0.717, 1.165) is 5.56 Å². The number of hydrogen-bond acceptors (Lipinski definition) is 4. The van der Waals surface area contributed by atoms with Crippen molar-refractivity contribution in [3.8, 4) is 0 Å². The molecule has 0 atom stereocenters. The predicted octanol–water partition coefficient (Wildman–Crippen LogP) is 3.16. The van der Waals surface area contributed by atoms with E-state index in [-0.39, 0.29) is 11.2 Å². The Balaban J connectivity index is 1.95. The van der Waals surface area contributed by atoms with E-state index in [9.17, 15) is 9.18 Å². The summed E-state index contributed by atoms with van der Waals surface area (Å²) in [6.45, 7) is 6.68. The standard InChI is InChI=1S/C20H26FN3O3/c1-13-17(18(25)26-5)10-16(27-13)11-23-19(22-4)24-12-20(2,3)14-7-6-8-15(21)9-14/h6-10H,11-12H2,1-5H3,(H2,22,23,24). The lowest BCUT2D eigenvalue weighted by Crippen LogP contribution is -2.43. The summed E-state index contributed by atoms with van der Waals surface area (Å²) >= 11 is 0. The average molecular weight is 375 g/mol. The monoisotopic (exact) mass is 375 g/mol. The average Bonchev–Trinajstić information content (AvgIpc) is 3.02. The van der Waals surface area contributed by atoms with E-state index >= 15 is 0 Å².